The molecule has 0 amide bonds. The lowest BCUT2D eigenvalue weighted by molar-refractivity contribution is -0.130. The summed E-state index contributed by atoms with van der Waals surface area (Å²) in [6.45, 7) is 0. The van der Waals surface area contributed by atoms with Gasteiger partial charge in [-0.2, -0.15) is 0 Å². The van der Waals surface area contributed by atoms with Crippen LogP contribution in [-0.2, 0) is 9.53 Å². The van der Waals surface area contributed by atoms with Crippen molar-refractivity contribution >= 4 is 29.4 Å². The van der Waals surface area contributed by atoms with E-state index in [1.54, 1.807) is 56.7 Å². The molecule has 0 bridgehead atoms. The lowest BCUT2D eigenvalue weighted by Crippen LogP contribution is -1.98. The van der Waals surface area contributed by atoms with Crippen LogP contribution in [0.3, 0.4) is 0 Å². The molecule has 2 aromatic rings. The number of benzene rings is 2. The predicted octanol–water partition coefficient (Wildman–Crippen LogP) is 4.34. The van der Waals surface area contributed by atoms with Crippen LogP contribution >= 0.6 is 11.6 Å². The topological polar surface area (TPSA) is 44.8 Å². The summed E-state index contributed by atoms with van der Waals surface area (Å²) in [4.78, 5) is 12.1. The zero-order valence-corrected chi connectivity index (χ0v) is 14.0. The maximum absolute atomic E-state index is 12.1. The lowest BCUT2D eigenvalue weighted by Gasteiger charge is -2.10. The van der Waals surface area contributed by atoms with E-state index in [4.69, 9.17) is 25.8 Å². The summed E-state index contributed by atoms with van der Waals surface area (Å²) in [5, 5.41) is 0.644. The molecule has 1 heterocycles. The number of hydrogen-bond acceptors (Lipinski definition) is 4. The van der Waals surface area contributed by atoms with Gasteiger partial charge in [0.1, 0.15) is 17.3 Å². The molecule has 122 valence electrons. The number of ether oxygens (including phenoxy) is 3. The number of methoxy groups -OCH3 is 2. The van der Waals surface area contributed by atoms with Crippen LogP contribution in [0.4, 0.5) is 0 Å². The first-order chi connectivity index (χ1) is 11.6. The number of esters is 1. The first-order valence-electron chi connectivity index (χ1n) is 7.24. The second kappa shape index (κ2) is 6.81. The summed E-state index contributed by atoms with van der Waals surface area (Å²) in [6.07, 6.45) is 3.45. The van der Waals surface area contributed by atoms with Gasteiger partial charge in [-0.25, -0.2) is 4.79 Å². The van der Waals surface area contributed by atoms with Crippen molar-refractivity contribution in [3.05, 3.63) is 70.3 Å². The van der Waals surface area contributed by atoms with Crippen LogP contribution in [-0.4, -0.2) is 20.2 Å². The Morgan fingerprint density at radius 2 is 1.79 bits per heavy atom. The van der Waals surface area contributed by atoms with Gasteiger partial charge in [0.25, 0.3) is 0 Å². The second-order valence-electron chi connectivity index (χ2n) is 5.12. The fourth-order valence-corrected chi connectivity index (χ4v) is 2.49. The third-order valence-electron chi connectivity index (χ3n) is 3.59. The van der Waals surface area contributed by atoms with E-state index < -0.39 is 5.97 Å². The van der Waals surface area contributed by atoms with E-state index in [9.17, 15) is 4.79 Å². The number of rotatable bonds is 4. The normalized spacial score (nSPS) is 15.2. The molecule has 0 unspecified atom stereocenters. The van der Waals surface area contributed by atoms with Crippen molar-refractivity contribution in [3.8, 4) is 11.5 Å². The summed E-state index contributed by atoms with van der Waals surface area (Å²) in [6, 6.07) is 12.5. The Kier molecular flexibility index (Phi) is 4.58. The quantitative estimate of drug-likeness (QED) is 0.612. The minimum absolute atomic E-state index is 0.405. The van der Waals surface area contributed by atoms with Crippen LogP contribution in [0.2, 0.25) is 5.02 Å². The van der Waals surface area contributed by atoms with Gasteiger partial charge in [0.15, 0.2) is 0 Å². The summed E-state index contributed by atoms with van der Waals surface area (Å²) in [5.74, 6) is 1.27. The Morgan fingerprint density at radius 1 is 1.04 bits per heavy atom. The summed E-state index contributed by atoms with van der Waals surface area (Å²) in [5.41, 5.74) is 2.02. The summed E-state index contributed by atoms with van der Waals surface area (Å²) >= 11 is 5.87. The van der Waals surface area contributed by atoms with Gasteiger partial charge in [-0.05, 0) is 42.0 Å². The summed E-state index contributed by atoms with van der Waals surface area (Å²) < 4.78 is 15.9. The Morgan fingerprint density at radius 3 is 2.46 bits per heavy atom. The highest BCUT2D eigenvalue weighted by Crippen LogP contribution is 2.35. The molecule has 0 atom stereocenters. The fraction of sp³-hybridized carbons (Fsp3) is 0.105. The zero-order valence-electron chi connectivity index (χ0n) is 13.2. The Bertz CT molecular complexity index is 835. The molecular formula is C19H15ClO4. The van der Waals surface area contributed by atoms with E-state index in [0.717, 1.165) is 5.56 Å². The van der Waals surface area contributed by atoms with Gasteiger partial charge in [0.2, 0.25) is 0 Å². The highest BCUT2D eigenvalue weighted by molar-refractivity contribution is 6.30. The lowest BCUT2D eigenvalue weighted by atomic mass is 10.1. The van der Waals surface area contributed by atoms with Crippen molar-refractivity contribution in [2.45, 2.75) is 0 Å². The molecule has 0 spiro atoms. The molecule has 24 heavy (non-hydrogen) atoms. The first-order valence-corrected chi connectivity index (χ1v) is 7.62. The van der Waals surface area contributed by atoms with Crippen LogP contribution in [0.25, 0.3) is 11.8 Å². The van der Waals surface area contributed by atoms with Crippen LogP contribution in [0.5, 0.6) is 11.5 Å². The smallest absolute Gasteiger partial charge is 0.343 e. The van der Waals surface area contributed by atoms with E-state index in [2.05, 4.69) is 0 Å². The van der Waals surface area contributed by atoms with Crippen molar-refractivity contribution < 1.29 is 19.0 Å². The van der Waals surface area contributed by atoms with Crippen LogP contribution in [0.15, 0.2) is 54.1 Å². The third kappa shape index (κ3) is 3.29. The van der Waals surface area contributed by atoms with Gasteiger partial charge in [-0.15, -0.1) is 0 Å². The molecule has 0 fully saturated rings. The van der Waals surface area contributed by atoms with E-state index >= 15 is 0 Å². The van der Waals surface area contributed by atoms with Crippen LogP contribution < -0.4 is 9.47 Å². The minimum Gasteiger partial charge on any atom is -0.497 e. The molecule has 0 aromatic heterocycles. The highest BCUT2D eigenvalue weighted by atomic mass is 35.5. The third-order valence-corrected chi connectivity index (χ3v) is 3.84. The predicted molar refractivity (Wildman–Crippen MR) is 93.0 cm³/mol. The van der Waals surface area contributed by atoms with E-state index in [-0.39, 0.29) is 0 Å². The molecule has 3 rings (SSSR count). The average Bonchev–Trinajstić information content (AvgIpc) is 2.96. The van der Waals surface area contributed by atoms with Gasteiger partial charge in [0, 0.05) is 11.1 Å². The number of carbonyl (C=O) groups is 1. The maximum Gasteiger partial charge on any atom is 0.343 e. The van der Waals surface area contributed by atoms with Gasteiger partial charge >= 0.3 is 5.97 Å². The van der Waals surface area contributed by atoms with Crippen molar-refractivity contribution in [3.63, 3.8) is 0 Å². The largest absolute Gasteiger partial charge is 0.497 e. The van der Waals surface area contributed by atoms with E-state index in [1.165, 1.54) is 0 Å². The van der Waals surface area contributed by atoms with E-state index in [1.807, 2.05) is 12.1 Å². The van der Waals surface area contributed by atoms with Gasteiger partial charge < -0.3 is 14.2 Å². The molecule has 4 nitrogen and oxygen atoms in total. The monoisotopic (exact) mass is 342 g/mol. The molecule has 5 heteroatoms. The minimum atomic E-state index is -0.405. The zero-order chi connectivity index (χ0) is 17.1. The number of halogens is 1. The second-order valence-corrected chi connectivity index (χ2v) is 5.55. The average molecular weight is 343 g/mol. The standard InChI is InChI=1S/C19H15ClO4/c1-22-15-7-8-16(17(11-15)23-2)18-10-13(19(21)24-18)9-12-3-5-14(20)6-4-12/h3-11H,1-2H3/b13-9-. The Balaban J connectivity index is 1.96. The molecule has 0 N–H and O–H groups in total. The van der Waals surface area contributed by atoms with Crippen molar-refractivity contribution in [1.29, 1.82) is 0 Å². The van der Waals surface area contributed by atoms with Gasteiger partial charge in [-0.3, -0.25) is 0 Å². The molecule has 1 aliphatic rings. The molecule has 0 radical (unpaired) electrons. The molecule has 0 aliphatic carbocycles. The first kappa shape index (κ1) is 16.1. The Labute approximate surface area is 144 Å². The number of carbonyl (C=O) groups excluding carboxylic acids is 1. The van der Waals surface area contributed by atoms with Crippen molar-refractivity contribution in [2.75, 3.05) is 14.2 Å². The van der Waals surface area contributed by atoms with Crippen molar-refractivity contribution in [2.24, 2.45) is 0 Å². The molecule has 0 saturated heterocycles. The van der Waals surface area contributed by atoms with Gasteiger partial charge in [0.05, 0.1) is 25.4 Å². The molecule has 0 saturated carbocycles. The maximum atomic E-state index is 12.1. The molecule has 2 aromatic carbocycles. The van der Waals surface area contributed by atoms with Crippen molar-refractivity contribution in [1.82, 2.24) is 0 Å². The Hall–Kier alpha value is -2.72. The number of cyclic esters (lactones) is 1. The number of hydrogen-bond donors (Lipinski definition) is 0. The SMILES string of the molecule is COc1ccc(C2=C/C(=C/c3ccc(Cl)cc3)C(=O)O2)c(OC)c1. The van der Waals surface area contributed by atoms with Crippen LogP contribution in [0, 0.1) is 0 Å². The van der Waals surface area contributed by atoms with Gasteiger partial charge in [-0.1, -0.05) is 23.7 Å². The van der Waals surface area contributed by atoms with Crippen LogP contribution in [0.1, 0.15) is 11.1 Å². The molecule has 1 aliphatic heterocycles. The highest BCUT2D eigenvalue weighted by Gasteiger charge is 2.24. The van der Waals surface area contributed by atoms with E-state index in [0.29, 0.717) is 33.4 Å². The fourth-order valence-electron chi connectivity index (χ4n) is 2.36. The summed E-state index contributed by atoms with van der Waals surface area (Å²) in [7, 11) is 3.14. The molecular weight excluding hydrogens is 328 g/mol.